The van der Waals surface area contributed by atoms with Crippen LogP contribution in [-0.4, -0.2) is 6.04 Å². The van der Waals surface area contributed by atoms with E-state index in [0.717, 1.165) is 12.8 Å². The quantitative estimate of drug-likeness (QED) is 0.641. The molecule has 0 spiro atoms. The Hall–Kier alpha value is 0.1000. The topological polar surface area (TPSA) is 38.0 Å². The van der Waals surface area contributed by atoms with Gasteiger partial charge in [0.05, 0.1) is 3.79 Å². The molecule has 80 valence electrons. The van der Waals surface area contributed by atoms with Gasteiger partial charge in [0.2, 0.25) is 0 Å². The van der Waals surface area contributed by atoms with Crippen molar-refractivity contribution in [2.75, 3.05) is 0 Å². The predicted octanol–water partition coefficient (Wildman–Crippen LogP) is 2.93. The Morgan fingerprint density at radius 1 is 1.50 bits per heavy atom. The molecule has 1 aromatic heterocycles. The van der Waals surface area contributed by atoms with Crippen molar-refractivity contribution in [2.45, 2.75) is 32.7 Å². The van der Waals surface area contributed by atoms with E-state index in [1.807, 2.05) is 0 Å². The molecule has 14 heavy (non-hydrogen) atoms. The highest BCUT2D eigenvalue weighted by Gasteiger charge is 2.10. The Bertz CT molecular complexity index is 273. The van der Waals surface area contributed by atoms with Crippen molar-refractivity contribution in [1.82, 2.24) is 5.43 Å². The van der Waals surface area contributed by atoms with Crippen molar-refractivity contribution in [1.29, 1.82) is 0 Å². The summed E-state index contributed by atoms with van der Waals surface area (Å²) in [5, 5.41) is 0. The molecule has 0 aliphatic rings. The normalized spacial score (nSPS) is 13.5. The SMILES string of the molecule is CC(C)CC(Cc1ccc(Br)s1)NN. The smallest absolute Gasteiger partial charge is 0.0701 e. The molecule has 1 rings (SSSR count). The van der Waals surface area contributed by atoms with Gasteiger partial charge in [-0.3, -0.25) is 11.3 Å². The summed E-state index contributed by atoms with van der Waals surface area (Å²) in [5.41, 5.74) is 2.88. The molecule has 1 heterocycles. The van der Waals surface area contributed by atoms with Gasteiger partial charge in [-0.05, 0) is 46.8 Å². The Labute approximate surface area is 98.0 Å². The third-order valence-electron chi connectivity index (χ3n) is 2.07. The third-order valence-corrected chi connectivity index (χ3v) is 3.71. The standard InChI is InChI=1S/C10H17BrN2S/c1-7(2)5-8(13-12)6-9-3-4-10(11)14-9/h3-4,7-8,13H,5-6,12H2,1-2H3. The molecule has 0 fully saturated rings. The number of hydrogen-bond donors (Lipinski definition) is 2. The molecular formula is C10H17BrN2S. The van der Waals surface area contributed by atoms with Gasteiger partial charge in [0, 0.05) is 10.9 Å². The third kappa shape index (κ3) is 4.09. The zero-order valence-corrected chi connectivity index (χ0v) is 11.0. The molecule has 1 aromatic rings. The second kappa shape index (κ2) is 5.85. The molecule has 2 nitrogen and oxygen atoms in total. The number of hydrogen-bond acceptors (Lipinski definition) is 3. The molecule has 0 bridgehead atoms. The van der Waals surface area contributed by atoms with Crippen LogP contribution in [-0.2, 0) is 6.42 Å². The molecular weight excluding hydrogens is 260 g/mol. The van der Waals surface area contributed by atoms with Gasteiger partial charge in [0.25, 0.3) is 0 Å². The first kappa shape index (κ1) is 12.2. The van der Waals surface area contributed by atoms with Crippen molar-refractivity contribution in [3.8, 4) is 0 Å². The molecule has 0 saturated heterocycles. The lowest BCUT2D eigenvalue weighted by Crippen LogP contribution is -2.37. The molecule has 0 aromatic carbocycles. The van der Waals surface area contributed by atoms with Crippen LogP contribution < -0.4 is 11.3 Å². The van der Waals surface area contributed by atoms with E-state index in [2.05, 4.69) is 47.3 Å². The van der Waals surface area contributed by atoms with Crippen LogP contribution in [0.25, 0.3) is 0 Å². The number of rotatable bonds is 5. The largest absolute Gasteiger partial charge is 0.271 e. The Kier molecular flexibility index (Phi) is 5.09. The fourth-order valence-corrected chi connectivity index (χ4v) is 3.05. The van der Waals surface area contributed by atoms with Gasteiger partial charge in [-0.25, -0.2) is 0 Å². The molecule has 0 radical (unpaired) electrons. The van der Waals surface area contributed by atoms with Gasteiger partial charge in [0.15, 0.2) is 0 Å². The van der Waals surface area contributed by atoms with Crippen LogP contribution in [0.4, 0.5) is 0 Å². The molecule has 0 aliphatic heterocycles. The van der Waals surface area contributed by atoms with Crippen molar-refractivity contribution in [2.24, 2.45) is 11.8 Å². The summed E-state index contributed by atoms with van der Waals surface area (Å²) in [4.78, 5) is 1.38. The summed E-state index contributed by atoms with van der Waals surface area (Å²) < 4.78 is 1.19. The first-order chi connectivity index (χ1) is 6.61. The van der Waals surface area contributed by atoms with Crippen molar-refractivity contribution in [3.05, 3.63) is 20.8 Å². The lowest BCUT2D eigenvalue weighted by Gasteiger charge is -2.16. The first-order valence-corrected chi connectivity index (χ1v) is 6.43. The van der Waals surface area contributed by atoms with Crippen LogP contribution in [0, 0.1) is 5.92 Å². The number of halogens is 1. The summed E-state index contributed by atoms with van der Waals surface area (Å²) >= 11 is 5.24. The number of hydrazine groups is 1. The summed E-state index contributed by atoms with van der Waals surface area (Å²) in [5.74, 6) is 6.20. The van der Waals surface area contributed by atoms with E-state index in [1.165, 1.54) is 8.66 Å². The van der Waals surface area contributed by atoms with Crippen molar-refractivity contribution < 1.29 is 0 Å². The highest BCUT2D eigenvalue weighted by Crippen LogP contribution is 2.24. The highest BCUT2D eigenvalue weighted by atomic mass is 79.9. The van der Waals surface area contributed by atoms with Gasteiger partial charge < -0.3 is 0 Å². The zero-order chi connectivity index (χ0) is 10.6. The maximum absolute atomic E-state index is 5.52. The van der Waals surface area contributed by atoms with E-state index in [0.29, 0.717) is 12.0 Å². The lowest BCUT2D eigenvalue weighted by molar-refractivity contribution is 0.425. The monoisotopic (exact) mass is 276 g/mol. The Morgan fingerprint density at radius 2 is 2.21 bits per heavy atom. The second-order valence-electron chi connectivity index (χ2n) is 3.90. The lowest BCUT2D eigenvalue weighted by atomic mass is 10.0. The van der Waals surface area contributed by atoms with Crippen LogP contribution in [0.5, 0.6) is 0 Å². The van der Waals surface area contributed by atoms with E-state index in [4.69, 9.17) is 5.84 Å². The minimum absolute atomic E-state index is 0.389. The molecule has 0 saturated carbocycles. The number of nitrogens with one attached hydrogen (secondary N) is 1. The van der Waals surface area contributed by atoms with Crippen molar-refractivity contribution in [3.63, 3.8) is 0 Å². The van der Waals surface area contributed by atoms with Crippen LogP contribution >= 0.6 is 27.3 Å². The fourth-order valence-electron chi connectivity index (χ4n) is 1.48. The summed E-state index contributed by atoms with van der Waals surface area (Å²) in [6, 6.07) is 4.63. The van der Waals surface area contributed by atoms with Gasteiger partial charge in [-0.2, -0.15) is 0 Å². The van der Waals surface area contributed by atoms with Crippen LogP contribution in [0.3, 0.4) is 0 Å². The highest BCUT2D eigenvalue weighted by molar-refractivity contribution is 9.11. The van der Waals surface area contributed by atoms with E-state index in [1.54, 1.807) is 11.3 Å². The summed E-state index contributed by atoms with van der Waals surface area (Å²) in [6.07, 6.45) is 2.14. The summed E-state index contributed by atoms with van der Waals surface area (Å²) in [7, 11) is 0. The van der Waals surface area contributed by atoms with Gasteiger partial charge >= 0.3 is 0 Å². The van der Waals surface area contributed by atoms with E-state index >= 15 is 0 Å². The molecule has 0 aliphatic carbocycles. The predicted molar refractivity (Wildman–Crippen MR) is 66.3 cm³/mol. The van der Waals surface area contributed by atoms with E-state index in [-0.39, 0.29) is 0 Å². The van der Waals surface area contributed by atoms with Gasteiger partial charge in [-0.15, -0.1) is 11.3 Å². The minimum atomic E-state index is 0.389. The number of thiophene rings is 1. The van der Waals surface area contributed by atoms with Gasteiger partial charge in [0.1, 0.15) is 0 Å². The van der Waals surface area contributed by atoms with Crippen LogP contribution in [0.1, 0.15) is 25.1 Å². The molecule has 1 unspecified atom stereocenters. The van der Waals surface area contributed by atoms with E-state index in [9.17, 15) is 0 Å². The molecule has 1 atom stereocenters. The summed E-state index contributed by atoms with van der Waals surface area (Å²) in [6.45, 7) is 4.43. The average molecular weight is 277 g/mol. The molecule has 0 amide bonds. The molecule has 4 heteroatoms. The first-order valence-electron chi connectivity index (χ1n) is 4.82. The number of nitrogens with two attached hydrogens (primary N) is 1. The Balaban J connectivity index is 2.48. The fraction of sp³-hybridized carbons (Fsp3) is 0.600. The van der Waals surface area contributed by atoms with Crippen LogP contribution in [0.15, 0.2) is 15.9 Å². The maximum Gasteiger partial charge on any atom is 0.0701 e. The Morgan fingerprint density at radius 3 is 2.64 bits per heavy atom. The minimum Gasteiger partial charge on any atom is -0.271 e. The van der Waals surface area contributed by atoms with E-state index < -0.39 is 0 Å². The van der Waals surface area contributed by atoms with Crippen molar-refractivity contribution >= 4 is 27.3 Å². The zero-order valence-electron chi connectivity index (χ0n) is 8.59. The molecule has 3 N–H and O–H groups in total. The van der Waals surface area contributed by atoms with Gasteiger partial charge in [-0.1, -0.05) is 13.8 Å². The maximum atomic E-state index is 5.52. The van der Waals surface area contributed by atoms with Crippen LogP contribution in [0.2, 0.25) is 0 Å². The average Bonchev–Trinajstić information content (AvgIpc) is 2.49. The second-order valence-corrected chi connectivity index (χ2v) is 6.45.